The zero-order valence-electron chi connectivity index (χ0n) is 14.3. The molecule has 29 heavy (non-hydrogen) atoms. The second-order valence-electron chi connectivity index (χ2n) is 6.08. The smallest absolute Gasteiger partial charge is 0.283 e. The molecule has 5 nitrogen and oxygen atoms in total. The number of hydrogen-bond donors (Lipinski definition) is 3. The number of hydrogen-bond acceptors (Lipinski definition) is 4. The first-order chi connectivity index (χ1) is 13.5. The standard InChI is InChI=1S/C19H12Cl4O5S/c20-10-5-6-13(15(22)7-10)19(29(26,27)28,12-3-1-2-4-14(12)21)18-16(23)8-11(24)9-17(18)25/h1-9,24-25H,(H,26,27,28). The van der Waals surface area contributed by atoms with Crippen molar-refractivity contribution in [1.82, 2.24) is 0 Å². The van der Waals surface area contributed by atoms with E-state index in [2.05, 4.69) is 0 Å². The lowest BCUT2D eigenvalue weighted by Gasteiger charge is -2.34. The van der Waals surface area contributed by atoms with Gasteiger partial charge in [-0.25, -0.2) is 0 Å². The summed E-state index contributed by atoms with van der Waals surface area (Å²) in [6.45, 7) is 0. The van der Waals surface area contributed by atoms with Gasteiger partial charge in [-0.1, -0.05) is 70.7 Å². The maximum atomic E-state index is 13.0. The summed E-state index contributed by atoms with van der Waals surface area (Å²) in [6, 6.07) is 11.7. The van der Waals surface area contributed by atoms with Gasteiger partial charge in [0.25, 0.3) is 10.1 Å². The van der Waals surface area contributed by atoms with E-state index in [1.54, 1.807) is 6.07 Å². The third kappa shape index (κ3) is 3.65. The predicted octanol–water partition coefficient (Wildman–Crippen LogP) is 5.89. The van der Waals surface area contributed by atoms with Crippen LogP contribution in [0.4, 0.5) is 0 Å². The maximum Gasteiger partial charge on any atom is 0.283 e. The molecule has 0 aliphatic rings. The van der Waals surface area contributed by atoms with Gasteiger partial charge in [0.1, 0.15) is 11.5 Å². The fourth-order valence-electron chi connectivity index (χ4n) is 3.27. The van der Waals surface area contributed by atoms with Crippen LogP contribution in [-0.2, 0) is 14.9 Å². The van der Waals surface area contributed by atoms with Gasteiger partial charge in [-0.2, -0.15) is 8.42 Å². The first-order valence-electron chi connectivity index (χ1n) is 7.89. The lowest BCUT2D eigenvalue weighted by molar-refractivity contribution is 0.431. The Labute approximate surface area is 186 Å². The molecule has 3 N–H and O–H groups in total. The molecule has 1 unspecified atom stereocenters. The second kappa shape index (κ2) is 7.87. The molecular weight excluding hydrogens is 482 g/mol. The highest BCUT2D eigenvalue weighted by atomic mass is 35.5. The summed E-state index contributed by atoms with van der Waals surface area (Å²) in [7, 11) is -5.14. The normalized spacial score (nSPS) is 13.8. The highest BCUT2D eigenvalue weighted by molar-refractivity contribution is 7.87. The Bertz CT molecular complexity index is 1190. The van der Waals surface area contributed by atoms with Crippen LogP contribution in [0.1, 0.15) is 16.7 Å². The van der Waals surface area contributed by atoms with Gasteiger partial charge in [0, 0.05) is 37.8 Å². The molecule has 0 aliphatic heterocycles. The molecule has 0 bridgehead atoms. The summed E-state index contributed by atoms with van der Waals surface area (Å²) >= 11 is 24.9. The summed E-state index contributed by atoms with van der Waals surface area (Å²) in [5, 5.41) is 20.0. The summed E-state index contributed by atoms with van der Waals surface area (Å²) < 4.78 is 34.0. The Morgan fingerprint density at radius 2 is 1.38 bits per heavy atom. The molecule has 3 rings (SSSR count). The van der Waals surface area contributed by atoms with Crippen molar-refractivity contribution in [3.63, 3.8) is 0 Å². The number of aromatic hydroxyl groups is 2. The molecule has 1 atom stereocenters. The van der Waals surface area contributed by atoms with E-state index in [1.807, 2.05) is 0 Å². The summed E-state index contributed by atoms with van der Waals surface area (Å²) in [4.78, 5) is 0. The van der Waals surface area contributed by atoms with Crippen LogP contribution < -0.4 is 0 Å². The molecule has 0 fully saturated rings. The maximum absolute atomic E-state index is 13.0. The third-order valence-electron chi connectivity index (χ3n) is 4.36. The van der Waals surface area contributed by atoms with E-state index in [0.717, 1.165) is 12.1 Å². The van der Waals surface area contributed by atoms with Crippen LogP contribution in [0.25, 0.3) is 0 Å². The van der Waals surface area contributed by atoms with Crippen LogP contribution in [0.2, 0.25) is 20.1 Å². The Morgan fingerprint density at radius 1 is 0.759 bits per heavy atom. The minimum atomic E-state index is -5.14. The molecule has 0 saturated heterocycles. The van der Waals surface area contributed by atoms with E-state index >= 15 is 0 Å². The van der Waals surface area contributed by atoms with Gasteiger partial charge in [0.2, 0.25) is 0 Å². The topological polar surface area (TPSA) is 94.8 Å². The van der Waals surface area contributed by atoms with E-state index in [0.29, 0.717) is 0 Å². The van der Waals surface area contributed by atoms with Gasteiger partial charge >= 0.3 is 0 Å². The van der Waals surface area contributed by atoms with Gasteiger partial charge in [0.05, 0.1) is 5.02 Å². The highest BCUT2D eigenvalue weighted by Gasteiger charge is 2.53. The SMILES string of the molecule is O=S(=O)(O)C(c1ccccc1Cl)(c1ccc(Cl)cc1Cl)c1c(O)cc(O)cc1Cl. The van der Waals surface area contributed by atoms with Crippen molar-refractivity contribution in [2.24, 2.45) is 0 Å². The Hall–Kier alpha value is -1.67. The lowest BCUT2D eigenvalue weighted by Crippen LogP contribution is -2.39. The van der Waals surface area contributed by atoms with Crippen LogP contribution >= 0.6 is 46.4 Å². The van der Waals surface area contributed by atoms with E-state index in [4.69, 9.17) is 46.4 Å². The minimum absolute atomic E-state index is 0.0420. The van der Waals surface area contributed by atoms with Crippen molar-refractivity contribution in [2.75, 3.05) is 0 Å². The zero-order chi connectivity index (χ0) is 21.6. The predicted molar refractivity (Wildman–Crippen MR) is 114 cm³/mol. The highest BCUT2D eigenvalue weighted by Crippen LogP contribution is 2.53. The molecule has 3 aromatic carbocycles. The average Bonchev–Trinajstić information content (AvgIpc) is 2.58. The van der Waals surface area contributed by atoms with Crippen molar-refractivity contribution in [2.45, 2.75) is 4.75 Å². The number of halogens is 4. The van der Waals surface area contributed by atoms with Gasteiger partial charge in [-0.3, -0.25) is 4.55 Å². The summed E-state index contributed by atoms with van der Waals surface area (Å²) in [6.07, 6.45) is 0. The largest absolute Gasteiger partial charge is 0.508 e. The monoisotopic (exact) mass is 492 g/mol. The Morgan fingerprint density at radius 3 is 1.93 bits per heavy atom. The molecule has 0 heterocycles. The van der Waals surface area contributed by atoms with Crippen LogP contribution in [0.5, 0.6) is 11.5 Å². The van der Waals surface area contributed by atoms with Crippen LogP contribution in [-0.4, -0.2) is 23.2 Å². The summed E-state index contributed by atoms with van der Waals surface area (Å²) in [5.41, 5.74) is -0.699. The first kappa shape index (κ1) is 22.0. The molecule has 3 aromatic rings. The van der Waals surface area contributed by atoms with Crippen molar-refractivity contribution in [3.05, 3.63) is 91.4 Å². The Balaban J connectivity index is 2.66. The van der Waals surface area contributed by atoms with E-state index in [-0.39, 0.29) is 31.2 Å². The van der Waals surface area contributed by atoms with Crippen molar-refractivity contribution in [1.29, 1.82) is 0 Å². The molecule has 0 aromatic heterocycles. The molecule has 0 amide bonds. The number of phenols is 2. The molecule has 10 heteroatoms. The number of benzene rings is 3. The van der Waals surface area contributed by atoms with Gasteiger partial charge < -0.3 is 10.2 Å². The van der Waals surface area contributed by atoms with Crippen molar-refractivity contribution < 1.29 is 23.2 Å². The van der Waals surface area contributed by atoms with Crippen LogP contribution in [0.15, 0.2) is 54.6 Å². The van der Waals surface area contributed by atoms with Gasteiger partial charge in [-0.05, 0) is 24.3 Å². The quantitative estimate of drug-likeness (QED) is 0.311. The molecule has 0 aliphatic carbocycles. The lowest BCUT2D eigenvalue weighted by atomic mass is 9.83. The molecule has 152 valence electrons. The average molecular weight is 494 g/mol. The minimum Gasteiger partial charge on any atom is -0.508 e. The molecule has 0 saturated carbocycles. The zero-order valence-corrected chi connectivity index (χ0v) is 18.1. The van der Waals surface area contributed by atoms with Crippen molar-refractivity contribution >= 4 is 56.5 Å². The third-order valence-corrected chi connectivity index (χ3v) is 6.95. The van der Waals surface area contributed by atoms with Crippen LogP contribution in [0, 0.1) is 0 Å². The molecule has 0 radical (unpaired) electrons. The van der Waals surface area contributed by atoms with Gasteiger partial charge in [0.15, 0.2) is 4.75 Å². The van der Waals surface area contributed by atoms with Crippen LogP contribution in [0.3, 0.4) is 0 Å². The fraction of sp³-hybridized carbons (Fsp3) is 0.0526. The fourth-order valence-corrected chi connectivity index (χ4v) is 6.00. The van der Waals surface area contributed by atoms with E-state index < -0.39 is 31.9 Å². The second-order valence-corrected chi connectivity index (χ2v) is 9.30. The van der Waals surface area contributed by atoms with Crippen molar-refractivity contribution in [3.8, 4) is 11.5 Å². The number of phenolic OH excluding ortho intramolecular Hbond substituents is 2. The molecular formula is C19H12Cl4O5S. The first-order valence-corrected chi connectivity index (χ1v) is 10.8. The summed E-state index contributed by atoms with van der Waals surface area (Å²) in [5.74, 6) is -1.11. The Kier molecular flexibility index (Phi) is 5.98. The van der Waals surface area contributed by atoms with E-state index in [1.165, 1.54) is 36.4 Å². The van der Waals surface area contributed by atoms with Gasteiger partial charge in [-0.15, -0.1) is 0 Å². The number of rotatable bonds is 4. The van der Waals surface area contributed by atoms with E-state index in [9.17, 15) is 23.2 Å². The molecule has 0 spiro atoms.